The normalized spacial score (nSPS) is 25.2. The number of ether oxygens (including phenoxy) is 2. The highest BCUT2D eigenvalue weighted by molar-refractivity contribution is 5.79. The molecule has 8 heteroatoms. The number of nitrogens with zero attached hydrogens (tertiary/aromatic N) is 1. The van der Waals surface area contributed by atoms with Crippen molar-refractivity contribution in [1.82, 2.24) is 15.6 Å². The third-order valence-corrected chi connectivity index (χ3v) is 4.99. The summed E-state index contributed by atoms with van der Waals surface area (Å²) in [5.41, 5.74) is 0.965. The quantitative estimate of drug-likeness (QED) is 0.579. The molecule has 0 unspecified atom stereocenters. The van der Waals surface area contributed by atoms with Crippen LogP contribution >= 0.6 is 0 Å². The van der Waals surface area contributed by atoms with Crippen LogP contribution in [0.3, 0.4) is 0 Å². The minimum Gasteiger partial charge on any atom is -0.394 e. The first-order chi connectivity index (χ1) is 13.7. The minimum absolute atomic E-state index is 0.0476. The SMILES string of the molecule is O=C(C[C@@H]1C=C[C@@H](NC(=O)C2CCOCC2)[C@@H](CO)O1)NCc1ccncc1. The lowest BCUT2D eigenvalue weighted by atomic mass is 9.97. The highest BCUT2D eigenvalue weighted by Gasteiger charge is 2.31. The number of rotatable bonds is 7. The molecule has 2 aliphatic rings. The van der Waals surface area contributed by atoms with E-state index in [0.717, 1.165) is 5.56 Å². The van der Waals surface area contributed by atoms with Gasteiger partial charge in [0.25, 0.3) is 0 Å². The molecular weight excluding hydrogens is 362 g/mol. The number of amides is 2. The highest BCUT2D eigenvalue weighted by Crippen LogP contribution is 2.19. The summed E-state index contributed by atoms with van der Waals surface area (Å²) >= 11 is 0. The maximum absolute atomic E-state index is 12.4. The van der Waals surface area contributed by atoms with Crippen molar-refractivity contribution in [3.63, 3.8) is 0 Å². The van der Waals surface area contributed by atoms with E-state index in [1.54, 1.807) is 18.5 Å². The van der Waals surface area contributed by atoms with Gasteiger partial charge in [0.1, 0.15) is 6.10 Å². The molecule has 3 atom stereocenters. The van der Waals surface area contributed by atoms with Gasteiger partial charge in [-0.15, -0.1) is 0 Å². The Kier molecular flexibility index (Phi) is 7.53. The molecule has 0 radical (unpaired) electrons. The molecule has 3 rings (SSSR count). The van der Waals surface area contributed by atoms with E-state index < -0.39 is 18.2 Å². The predicted octanol–water partition coefficient (Wildman–Crippen LogP) is 0.315. The lowest BCUT2D eigenvalue weighted by Gasteiger charge is -2.33. The molecular formula is C20H27N3O5. The Morgan fingerprint density at radius 1 is 1.18 bits per heavy atom. The number of nitrogens with one attached hydrogen (secondary N) is 2. The number of carbonyl (C=O) groups is 2. The van der Waals surface area contributed by atoms with Gasteiger partial charge in [-0.1, -0.05) is 12.2 Å². The number of carbonyl (C=O) groups excluding carboxylic acids is 2. The van der Waals surface area contributed by atoms with Crippen LogP contribution in [0, 0.1) is 5.92 Å². The van der Waals surface area contributed by atoms with Crippen molar-refractivity contribution in [3.8, 4) is 0 Å². The van der Waals surface area contributed by atoms with E-state index in [2.05, 4.69) is 15.6 Å². The van der Waals surface area contributed by atoms with Crippen molar-refractivity contribution < 1.29 is 24.2 Å². The highest BCUT2D eigenvalue weighted by atomic mass is 16.5. The second-order valence-electron chi connectivity index (χ2n) is 7.04. The molecule has 3 N–H and O–H groups in total. The summed E-state index contributed by atoms with van der Waals surface area (Å²) in [6, 6.07) is 3.27. The van der Waals surface area contributed by atoms with Crippen molar-refractivity contribution in [2.75, 3.05) is 19.8 Å². The third kappa shape index (κ3) is 5.85. The van der Waals surface area contributed by atoms with Crippen LogP contribution in [0.15, 0.2) is 36.7 Å². The molecule has 1 aromatic rings. The lowest BCUT2D eigenvalue weighted by molar-refractivity contribution is -0.132. The number of aliphatic hydroxyl groups is 1. The minimum atomic E-state index is -0.577. The summed E-state index contributed by atoms with van der Waals surface area (Å²) in [4.78, 5) is 28.5. The smallest absolute Gasteiger partial charge is 0.223 e. The Morgan fingerprint density at radius 3 is 2.64 bits per heavy atom. The summed E-state index contributed by atoms with van der Waals surface area (Å²) in [7, 11) is 0. The van der Waals surface area contributed by atoms with Gasteiger partial charge in [-0.05, 0) is 30.5 Å². The Labute approximate surface area is 164 Å². The molecule has 0 aromatic carbocycles. The molecule has 28 heavy (non-hydrogen) atoms. The molecule has 1 saturated heterocycles. The predicted molar refractivity (Wildman–Crippen MR) is 101 cm³/mol. The van der Waals surface area contributed by atoms with E-state index >= 15 is 0 Å². The van der Waals surface area contributed by atoms with Gasteiger partial charge in [0, 0.05) is 38.1 Å². The average Bonchev–Trinajstić information content (AvgIpc) is 2.74. The molecule has 8 nitrogen and oxygen atoms in total. The van der Waals surface area contributed by atoms with Gasteiger partial charge in [0.05, 0.1) is 25.2 Å². The van der Waals surface area contributed by atoms with Crippen LogP contribution in [0.2, 0.25) is 0 Å². The molecule has 152 valence electrons. The maximum Gasteiger partial charge on any atom is 0.223 e. The standard InChI is InChI=1S/C20H27N3O5/c24-13-18-17(23-20(26)15-5-9-27-10-6-15)2-1-16(28-18)11-19(25)22-12-14-3-7-21-8-4-14/h1-4,7-8,15-18,24H,5-6,9-13H2,(H,22,25)(H,23,26)/t16-,17+,18+/m0/s1. The number of pyridine rings is 1. The van der Waals surface area contributed by atoms with Gasteiger partial charge in [0.15, 0.2) is 0 Å². The topological polar surface area (TPSA) is 110 Å². The van der Waals surface area contributed by atoms with Crippen LogP contribution in [0.1, 0.15) is 24.8 Å². The van der Waals surface area contributed by atoms with Crippen LogP contribution in [-0.4, -0.2) is 60.0 Å². The first-order valence-electron chi connectivity index (χ1n) is 9.64. The number of aliphatic hydroxyl groups excluding tert-OH is 1. The van der Waals surface area contributed by atoms with Crippen molar-refractivity contribution in [1.29, 1.82) is 0 Å². The Hall–Kier alpha value is -2.29. The molecule has 1 fully saturated rings. The maximum atomic E-state index is 12.4. The zero-order valence-corrected chi connectivity index (χ0v) is 15.8. The first kappa shape index (κ1) is 20.4. The molecule has 2 amide bonds. The third-order valence-electron chi connectivity index (χ3n) is 4.99. The second-order valence-corrected chi connectivity index (χ2v) is 7.04. The Bertz CT molecular complexity index is 676. The average molecular weight is 389 g/mol. The van der Waals surface area contributed by atoms with E-state index in [0.29, 0.717) is 32.6 Å². The van der Waals surface area contributed by atoms with Gasteiger partial charge in [0.2, 0.25) is 11.8 Å². The molecule has 3 heterocycles. The molecule has 2 aliphatic heterocycles. The molecule has 0 aliphatic carbocycles. The summed E-state index contributed by atoms with van der Waals surface area (Å²) in [6.45, 7) is 1.37. The summed E-state index contributed by atoms with van der Waals surface area (Å²) in [5.74, 6) is -0.264. The fourth-order valence-corrected chi connectivity index (χ4v) is 3.33. The number of hydrogen-bond donors (Lipinski definition) is 3. The van der Waals surface area contributed by atoms with Crippen LogP contribution in [0.5, 0.6) is 0 Å². The van der Waals surface area contributed by atoms with E-state index in [1.807, 2.05) is 18.2 Å². The van der Waals surface area contributed by atoms with Crippen LogP contribution < -0.4 is 10.6 Å². The summed E-state index contributed by atoms with van der Waals surface area (Å²) in [6.07, 6.45) is 7.47. The fourth-order valence-electron chi connectivity index (χ4n) is 3.33. The van der Waals surface area contributed by atoms with Gasteiger partial charge in [-0.2, -0.15) is 0 Å². The zero-order chi connectivity index (χ0) is 19.8. The molecule has 1 aromatic heterocycles. The van der Waals surface area contributed by atoms with Crippen LogP contribution in [0.25, 0.3) is 0 Å². The monoisotopic (exact) mass is 389 g/mol. The second kappa shape index (κ2) is 10.3. The summed E-state index contributed by atoms with van der Waals surface area (Å²) in [5, 5.41) is 15.4. The first-order valence-corrected chi connectivity index (χ1v) is 9.64. The molecule has 0 saturated carbocycles. The Balaban J connectivity index is 1.48. The van der Waals surface area contributed by atoms with E-state index in [-0.39, 0.29) is 30.8 Å². The van der Waals surface area contributed by atoms with Gasteiger partial charge in [-0.3, -0.25) is 14.6 Å². The number of hydrogen-bond acceptors (Lipinski definition) is 6. The van der Waals surface area contributed by atoms with Crippen molar-refractivity contribution >= 4 is 11.8 Å². The van der Waals surface area contributed by atoms with Crippen molar-refractivity contribution in [3.05, 3.63) is 42.2 Å². The fraction of sp³-hybridized carbons (Fsp3) is 0.550. The van der Waals surface area contributed by atoms with Crippen LogP contribution in [-0.2, 0) is 25.6 Å². The summed E-state index contributed by atoms with van der Waals surface area (Å²) < 4.78 is 11.1. The lowest BCUT2D eigenvalue weighted by Crippen LogP contribution is -2.50. The van der Waals surface area contributed by atoms with Gasteiger partial charge < -0.3 is 25.2 Å². The van der Waals surface area contributed by atoms with Gasteiger partial charge >= 0.3 is 0 Å². The molecule has 0 bridgehead atoms. The van der Waals surface area contributed by atoms with Gasteiger partial charge in [-0.25, -0.2) is 0 Å². The van der Waals surface area contributed by atoms with Crippen molar-refractivity contribution in [2.24, 2.45) is 5.92 Å². The molecule has 0 spiro atoms. The number of aromatic nitrogens is 1. The van der Waals surface area contributed by atoms with E-state index in [9.17, 15) is 14.7 Å². The largest absolute Gasteiger partial charge is 0.394 e. The van der Waals surface area contributed by atoms with Crippen molar-refractivity contribution in [2.45, 2.75) is 44.1 Å². The Morgan fingerprint density at radius 2 is 1.93 bits per heavy atom. The zero-order valence-electron chi connectivity index (χ0n) is 15.8. The van der Waals surface area contributed by atoms with Crippen LogP contribution in [0.4, 0.5) is 0 Å². The van der Waals surface area contributed by atoms with E-state index in [1.165, 1.54) is 0 Å². The van der Waals surface area contributed by atoms with E-state index in [4.69, 9.17) is 9.47 Å².